The van der Waals surface area contributed by atoms with Gasteiger partial charge in [0.25, 0.3) is 0 Å². The lowest BCUT2D eigenvalue weighted by atomic mass is 10.4. The molecule has 0 aliphatic heterocycles. The Morgan fingerprint density at radius 2 is 1.55 bits per heavy atom. The Hall–Kier alpha value is -0.560. The Bertz CT molecular complexity index is 217. The summed E-state index contributed by atoms with van der Waals surface area (Å²) in [6, 6.07) is 7.78. The summed E-state index contributed by atoms with van der Waals surface area (Å²) in [5.74, 6) is -4.12. The number of hydrogen-bond donors (Lipinski definition) is 0. The predicted octanol–water partition coefficient (Wildman–Crippen LogP) is 2.78. The average molecular weight is 177 g/mol. The van der Waals surface area contributed by atoms with E-state index in [2.05, 4.69) is 0 Å². The lowest BCUT2D eigenvalue weighted by Crippen LogP contribution is -2.05. The molecule has 0 saturated carbocycles. The highest BCUT2D eigenvalue weighted by Crippen LogP contribution is 2.35. The van der Waals surface area contributed by atoms with Crippen LogP contribution in [0.1, 0.15) is 0 Å². The minimum absolute atomic E-state index is 0.278. The highest BCUT2D eigenvalue weighted by atomic mass is 31.1. The first-order chi connectivity index (χ1) is 5.08. The number of hydrogen-bond acceptors (Lipinski definition) is 0. The van der Waals surface area contributed by atoms with Crippen LogP contribution in [0.15, 0.2) is 30.3 Å². The molecule has 0 saturated heterocycles. The third kappa shape index (κ3) is 3.38. The molecule has 0 aliphatic carbocycles. The van der Waals surface area contributed by atoms with E-state index < -0.39 is 14.5 Å². The lowest BCUT2D eigenvalue weighted by Gasteiger charge is -2.03. The summed E-state index contributed by atoms with van der Waals surface area (Å²) in [6.07, 6.45) is 0. The van der Waals surface area contributed by atoms with Crippen LogP contribution in [0, 0.1) is 0 Å². The molecule has 1 aromatic carbocycles. The van der Waals surface area contributed by atoms with Crippen LogP contribution in [-0.4, -0.2) is 5.92 Å². The average Bonchev–Trinajstić information content (AvgIpc) is 1.85. The van der Waals surface area contributed by atoms with Crippen molar-refractivity contribution in [1.82, 2.24) is 0 Å². The van der Waals surface area contributed by atoms with Gasteiger partial charge in [-0.05, 0) is 5.30 Å². The van der Waals surface area contributed by atoms with E-state index in [1.165, 1.54) is 12.1 Å². The Morgan fingerprint density at radius 1 is 1.00 bits per heavy atom. The van der Waals surface area contributed by atoms with Crippen molar-refractivity contribution >= 4 is 13.9 Å². The topological polar surface area (TPSA) is 0 Å². The maximum absolute atomic E-state index is 11.7. The zero-order chi connectivity index (χ0) is 8.32. The van der Waals surface area contributed by atoms with Crippen LogP contribution < -0.4 is 5.30 Å². The van der Waals surface area contributed by atoms with Crippen LogP contribution in [0.3, 0.4) is 0 Å². The van der Waals surface area contributed by atoms with Gasteiger partial charge in [-0.15, -0.1) is 0 Å². The Kier molecular flexibility index (Phi) is 2.50. The van der Waals surface area contributed by atoms with Gasteiger partial charge in [-0.1, -0.05) is 30.3 Å². The van der Waals surface area contributed by atoms with Gasteiger partial charge in [0.15, 0.2) is 0 Å². The smallest absolute Gasteiger partial charge is 0.166 e. The molecule has 1 rings (SSSR count). The molecule has 59 valence electrons. The minimum Gasteiger partial charge on any atom is -0.166 e. The molecule has 4 heteroatoms. The fraction of sp³-hybridized carbons (Fsp3) is 0.143. The number of halogens is 3. The molecular formula is C7H5F3P. The van der Waals surface area contributed by atoms with Crippen molar-refractivity contribution in [2.45, 2.75) is 5.92 Å². The van der Waals surface area contributed by atoms with E-state index in [1.54, 1.807) is 18.2 Å². The minimum atomic E-state index is -4.12. The highest BCUT2D eigenvalue weighted by Gasteiger charge is 2.28. The van der Waals surface area contributed by atoms with Crippen molar-refractivity contribution in [2.75, 3.05) is 0 Å². The molecule has 0 fully saturated rings. The summed E-state index contributed by atoms with van der Waals surface area (Å²) in [6.45, 7) is 0. The van der Waals surface area contributed by atoms with Crippen LogP contribution >= 0.6 is 8.58 Å². The van der Waals surface area contributed by atoms with Crippen molar-refractivity contribution < 1.29 is 13.2 Å². The van der Waals surface area contributed by atoms with E-state index in [0.29, 0.717) is 0 Å². The third-order valence-electron chi connectivity index (χ3n) is 1.01. The molecule has 0 aromatic heterocycles. The van der Waals surface area contributed by atoms with Gasteiger partial charge in [0.1, 0.15) is 0 Å². The van der Waals surface area contributed by atoms with E-state index in [4.69, 9.17) is 0 Å². The first-order valence-electron chi connectivity index (χ1n) is 2.92. The van der Waals surface area contributed by atoms with Crippen LogP contribution in [-0.2, 0) is 0 Å². The second-order valence-electron chi connectivity index (χ2n) is 1.92. The molecule has 0 amide bonds. The Labute approximate surface area is 64.2 Å². The third-order valence-corrected chi connectivity index (χ3v) is 1.82. The van der Waals surface area contributed by atoms with E-state index in [1.807, 2.05) is 0 Å². The summed E-state index contributed by atoms with van der Waals surface area (Å²) in [4.78, 5) is 0. The summed E-state index contributed by atoms with van der Waals surface area (Å²) in [7, 11) is -0.593. The number of alkyl halides is 3. The van der Waals surface area contributed by atoms with Gasteiger partial charge in [0.2, 0.25) is 0 Å². The molecule has 1 radical (unpaired) electrons. The second kappa shape index (κ2) is 3.22. The molecule has 0 heterocycles. The SMILES string of the molecule is FC(F)(F)[P]c1ccccc1. The molecule has 1 aromatic rings. The van der Waals surface area contributed by atoms with E-state index in [0.717, 1.165) is 0 Å². The van der Waals surface area contributed by atoms with Crippen molar-refractivity contribution in [3.8, 4) is 0 Å². The van der Waals surface area contributed by atoms with Crippen molar-refractivity contribution in [3.05, 3.63) is 30.3 Å². The van der Waals surface area contributed by atoms with Crippen molar-refractivity contribution in [1.29, 1.82) is 0 Å². The first-order valence-corrected chi connectivity index (χ1v) is 3.82. The molecule has 0 nitrogen and oxygen atoms in total. The monoisotopic (exact) mass is 177 g/mol. The fourth-order valence-electron chi connectivity index (χ4n) is 0.649. The summed E-state index contributed by atoms with van der Waals surface area (Å²) < 4.78 is 35.2. The van der Waals surface area contributed by atoms with Gasteiger partial charge < -0.3 is 0 Å². The number of benzene rings is 1. The van der Waals surface area contributed by atoms with E-state index in [9.17, 15) is 13.2 Å². The molecular weight excluding hydrogens is 172 g/mol. The molecule has 0 N–H and O–H groups in total. The molecule has 0 spiro atoms. The van der Waals surface area contributed by atoms with Gasteiger partial charge in [0, 0.05) is 0 Å². The largest absolute Gasteiger partial charge is 0.413 e. The maximum Gasteiger partial charge on any atom is 0.413 e. The molecule has 0 atom stereocenters. The second-order valence-corrected chi connectivity index (χ2v) is 3.16. The van der Waals surface area contributed by atoms with Gasteiger partial charge >= 0.3 is 5.92 Å². The van der Waals surface area contributed by atoms with Crippen LogP contribution in [0.5, 0.6) is 0 Å². The predicted molar refractivity (Wildman–Crippen MR) is 39.1 cm³/mol. The van der Waals surface area contributed by atoms with Crippen LogP contribution in [0.25, 0.3) is 0 Å². The zero-order valence-electron chi connectivity index (χ0n) is 5.47. The summed E-state index contributed by atoms with van der Waals surface area (Å²) >= 11 is 0. The Morgan fingerprint density at radius 3 is 2.00 bits per heavy atom. The first kappa shape index (κ1) is 8.54. The van der Waals surface area contributed by atoms with Gasteiger partial charge in [-0.3, -0.25) is 0 Å². The van der Waals surface area contributed by atoms with Gasteiger partial charge in [-0.2, -0.15) is 13.2 Å². The fourth-order valence-corrected chi connectivity index (χ4v) is 1.26. The van der Waals surface area contributed by atoms with E-state index >= 15 is 0 Å². The summed E-state index contributed by atoms with van der Waals surface area (Å²) in [5.41, 5.74) is 0. The molecule has 0 aliphatic rings. The van der Waals surface area contributed by atoms with Gasteiger partial charge in [0.05, 0.1) is 8.58 Å². The standard InChI is InChI=1S/C7H5F3P/c8-7(9,10)11-6-4-2-1-3-5-6/h1-5H. The molecule has 0 unspecified atom stereocenters. The van der Waals surface area contributed by atoms with Crippen molar-refractivity contribution in [3.63, 3.8) is 0 Å². The quantitative estimate of drug-likeness (QED) is 0.578. The lowest BCUT2D eigenvalue weighted by molar-refractivity contribution is -0.0359. The van der Waals surface area contributed by atoms with Crippen molar-refractivity contribution in [2.24, 2.45) is 0 Å². The molecule has 0 bridgehead atoms. The van der Waals surface area contributed by atoms with Gasteiger partial charge in [-0.25, -0.2) is 0 Å². The maximum atomic E-state index is 11.7. The number of rotatable bonds is 1. The normalized spacial score (nSPS) is 12.6. The van der Waals surface area contributed by atoms with E-state index in [-0.39, 0.29) is 5.30 Å². The highest BCUT2D eigenvalue weighted by molar-refractivity contribution is 7.48. The molecule has 11 heavy (non-hydrogen) atoms. The van der Waals surface area contributed by atoms with Crippen LogP contribution in [0.2, 0.25) is 0 Å². The Balaban J connectivity index is 2.66. The van der Waals surface area contributed by atoms with Crippen LogP contribution in [0.4, 0.5) is 13.2 Å². The summed E-state index contributed by atoms with van der Waals surface area (Å²) in [5, 5.41) is 0.278. The zero-order valence-corrected chi connectivity index (χ0v) is 6.36.